The van der Waals surface area contributed by atoms with Crippen molar-refractivity contribution in [2.24, 2.45) is 0 Å². The molecule has 3 aromatic rings. The van der Waals surface area contributed by atoms with E-state index in [9.17, 15) is 13.2 Å². The minimum Gasteiger partial charge on any atom is -0.490 e. The third-order valence-corrected chi connectivity index (χ3v) is 6.37. The number of sulfonamides is 1. The van der Waals surface area contributed by atoms with Gasteiger partial charge in [0.05, 0.1) is 30.9 Å². The van der Waals surface area contributed by atoms with Crippen molar-refractivity contribution >= 4 is 22.0 Å². The third-order valence-electron chi connectivity index (χ3n) is 4.95. The van der Waals surface area contributed by atoms with Crippen LogP contribution in [-0.4, -0.2) is 34.1 Å². The number of furan rings is 1. The van der Waals surface area contributed by atoms with Crippen molar-refractivity contribution in [3.05, 3.63) is 83.8 Å². The van der Waals surface area contributed by atoms with Gasteiger partial charge in [-0.1, -0.05) is 18.2 Å². The number of rotatable bonds is 13. The van der Waals surface area contributed by atoms with E-state index in [1.807, 2.05) is 32.0 Å². The maximum atomic E-state index is 12.4. The summed E-state index contributed by atoms with van der Waals surface area (Å²) in [7, 11) is -3.67. The Bertz CT molecular complexity index is 1220. The molecule has 1 aromatic heterocycles. The van der Waals surface area contributed by atoms with Crippen LogP contribution < -0.4 is 19.5 Å². The van der Waals surface area contributed by atoms with E-state index in [2.05, 4.69) is 10.0 Å². The first-order chi connectivity index (χ1) is 16.9. The first kappa shape index (κ1) is 26.1. The largest absolute Gasteiger partial charge is 0.490 e. The Balaban J connectivity index is 1.48. The van der Waals surface area contributed by atoms with Crippen LogP contribution in [0.3, 0.4) is 0 Å². The van der Waals surface area contributed by atoms with Crippen molar-refractivity contribution in [1.29, 1.82) is 0 Å². The third kappa shape index (κ3) is 8.01. The number of ether oxygens (including phenoxy) is 2. The van der Waals surface area contributed by atoms with Gasteiger partial charge in [0.15, 0.2) is 11.5 Å². The monoisotopic (exact) mass is 498 g/mol. The molecule has 0 aliphatic rings. The lowest BCUT2D eigenvalue weighted by molar-refractivity contribution is -0.116. The predicted molar refractivity (Wildman–Crippen MR) is 134 cm³/mol. The number of hydrogen-bond donors (Lipinski definition) is 2. The molecule has 0 bridgehead atoms. The number of nitrogens with one attached hydrogen (secondary N) is 2. The lowest BCUT2D eigenvalue weighted by Crippen LogP contribution is -2.23. The van der Waals surface area contributed by atoms with Crippen molar-refractivity contribution in [3.63, 3.8) is 0 Å². The van der Waals surface area contributed by atoms with Gasteiger partial charge in [0.1, 0.15) is 5.76 Å². The molecular formula is C26H30N2O6S. The molecule has 35 heavy (non-hydrogen) atoms. The lowest BCUT2D eigenvalue weighted by atomic mass is 10.1. The van der Waals surface area contributed by atoms with Gasteiger partial charge in [-0.15, -0.1) is 0 Å². The van der Waals surface area contributed by atoms with Gasteiger partial charge in [-0.3, -0.25) is 4.79 Å². The number of carbonyl (C=O) groups excluding carboxylic acids is 1. The summed E-state index contributed by atoms with van der Waals surface area (Å²) in [5.41, 5.74) is 1.73. The minimum absolute atomic E-state index is 0.0702. The average Bonchev–Trinajstić information content (AvgIpc) is 3.38. The summed E-state index contributed by atoms with van der Waals surface area (Å²) in [4.78, 5) is 12.3. The molecule has 3 rings (SSSR count). The smallest absolute Gasteiger partial charge is 0.244 e. The van der Waals surface area contributed by atoms with Crippen molar-refractivity contribution < 1.29 is 27.1 Å². The Morgan fingerprint density at radius 3 is 2.43 bits per heavy atom. The number of carbonyl (C=O) groups is 1. The molecule has 0 saturated carbocycles. The molecule has 0 spiro atoms. The summed E-state index contributed by atoms with van der Waals surface area (Å²) in [5, 5.41) is 2.85. The number of hydrogen-bond acceptors (Lipinski definition) is 6. The van der Waals surface area contributed by atoms with Gasteiger partial charge in [0.2, 0.25) is 15.9 Å². The van der Waals surface area contributed by atoms with E-state index in [1.165, 1.54) is 24.5 Å². The molecule has 0 aliphatic heterocycles. The van der Waals surface area contributed by atoms with Crippen LogP contribution in [0.4, 0.5) is 0 Å². The van der Waals surface area contributed by atoms with E-state index in [0.717, 1.165) is 5.56 Å². The van der Waals surface area contributed by atoms with Crippen molar-refractivity contribution in [2.45, 2.75) is 31.7 Å². The highest BCUT2D eigenvalue weighted by Gasteiger charge is 2.14. The molecule has 1 heterocycles. The molecule has 186 valence electrons. The van der Waals surface area contributed by atoms with Gasteiger partial charge >= 0.3 is 0 Å². The highest BCUT2D eigenvalue weighted by Crippen LogP contribution is 2.28. The van der Waals surface area contributed by atoms with E-state index in [4.69, 9.17) is 13.9 Å². The molecule has 2 aromatic carbocycles. The van der Waals surface area contributed by atoms with Gasteiger partial charge in [-0.2, -0.15) is 0 Å². The van der Waals surface area contributed by atoms with E-state index in [1.54, 1.807) is 30.3 Å². The first-order valence-corrected chi connectivity index (χ1v) is 12.9. The Morgan fingerprint density at radius 1 is 1.00 bits per heavy atom. The fourth-order valence-corrected chi connectivity index (χ4v) is 4.23. The van der Waals surface area contributed by atoms with Gasteiger partial charge in [0.25, 0.3) is 0 Å². The van der Waals surface area contributed by atoms with Crippen molar-refractivity contribution in [1.82, 2.24) is 10.0 Å². The molecule has 8 nitrogen and oxygen atoms in total. The van der Waals surface area contributed by atoms with E-state index in [-0.39, 0.29) is 17.3 Å². The van der Waals surface area contributed by atoms with Gasteiger partial charge in [-0.25, -0.2) is 13.1 Å². The maximum Gasteiger partial charge on any atom is 0.244 e. The summed E-state index contributed by atoms with van der Waals surface area (Å²) >= 11 is 0. The van der Waals surface area contributed by atoms with Crippen LogP contribution in [0.5, 0.6) is 11.5 Å². The van der Waals surface area contributed by atoms with Gasteiger partial charge in [0, 0.05) is 12.6 Å². The second kappa shape index (κ2) is 12.8. The van der Waals surface area contributed by atoms with Crippen LogP contribution in [0.15, 0.2) is 76.2 Å². The number of amides is 1. The highest BCUT2D eigenvalue weighted by molar-refractivity contribution is 7.89. The van der Waals surface area contributed by atoms with Crippen LogP contribution in [0.2, 0.25) is 0 Å². The molecule has 2 N–H and O–H groups in total. The minimum atomic E-state index is -3.67. The summed E-state index contributed by atoms with van der Waals surface area (Å²) in [6, 6.07) is 15.4. The van der Waals surface area contributed by atoms with E-state index >= 15 is 0 Å². The van der Waals surface area contributed by atoms with E-state index in [0.29, 0.717) is 49.0 Å². The van der Waals surface area contributed by atoms with Crippen molar-refractivity contribution in [3.8, 4) is 11.5 Å². The second-order valence-electron chi connectivity index (χ2n) is 7.49. The van der Waals surface area contributed by atoms with Crippen LogP contribution in [0.25, 0.3) is 6.08 Å². The molecule has 0 unspecified atom stereocenters. The fourth-order valence-electron chi connectivity index (χ4n) is 3.23. The zero-order valence-electron chi connectivity index (χ0n) is 19.8. The Morgan fingerprint density at radius 2 is 1.74 bits per heavy atom. The molecule has 0 atom stereocenters. The fraction of sp³-hybridized carbons (Fsp3) is 0.269. The summed E-state index contributed by atoms with van der Waals surface area (Å²) in [5.74, 6) is 1.69. The Labute approximate surface area is 206 Å². The molecule has 0 fully saturated rings. The zero-order chi connectivity index (χ0) is 25.1. The molecular weight excluding hydrogens is 468 g/mol. The van der Waals surface area contributed by atoms with Crippen LogP contribution >= 0.6 is 0 Å². The standard InChI is InChI=1S/C26H30N2O6S/c1-3-32-24-13-9-21(18-25(24)33-4-2)15-16-27-26(29)14-10-20-7-11-23(12-8-20)35(30,31)28-19-22-6-5-17-34-22/h5-14,17-18,28H,3-4,15-16,19H2,1-2H3,(H,27,29)/b14-10+. The van der Waals surface area contributed by atoms with Crippen LogP contribution in [0, 0.1) is 0 Å². The summed E-state index contributed by atoms with van der Waals surface area (Å²) in [6.07, 6.45) is 5.18. The van der Waals surface area contributed by atoms with Crippen molar-refractivity contribution in [2.75, 3.05) is 19.8 Å². The quantitative estimate of drug-likeness (QED) is 0.346. The Kier molecular flexibility index (Phi) is 9.51. The molecule has 0 saturated heterocycles. The summed E-state index contributed by atoms with van der Waals surface area (Å²) < 4.78 is 43.6. The van der Waals surface area contributed by atoms with Gasteiger partial charge in [-0.05, 0) is 73.9 Å². The molecule has 9 heteroatoms. The zero-order valence-corrected chi connectivity index (χ0v) is 20.6. The summed E-state index contributed by atoms with van der Waals surface area (Å²) in [6.45, 7) is 5.47. The first-order valence-electron chi connectivity index (χ1n) is 11.4. The highest BCUT2D eigenvalue weighted by atomic mass is 32.2. The van der Waals surface area contributed by atoms with Crippen LogP contribution in [0.1, 0.15) is 30.7 Å². The van der Waals surface area contributed by atoms with Gasteiger partial charge < -0.3 is 19.2 Å². The molecule has 0 aliphatic carbocycles. The topological polar surface area (TPSA) is 107 Å². The Hall–Kier alpha value is -3.56. The predicted octanol–water partition coefficient (Wildman–Crippen LogP) is 3.93. The normalized spacial score (nSPS) is 11.5. The second-order valence-corrected chi connectivity index (χ2v) is 9.26. The maximum absolute atomic E-state index is 12.4. The molecule has 1 amide bonds. The van der Waals surface area contributed by atoms with E-state index < -0.39 is 10.0 Å². The average molecular weight is 499 g/mol. The SMILES string of the molecule is CCOc1ccc(CCNC(=O)/C=C/c2ccc(S(=O)(=O)NCc3ccco3)cc2)cc1OCC. The number of benzene rings is 2. The molecule has 0 radical (unpaired) electrons. The lowest BCUT2D eigenvalue weighted by Gasteiger charge is -2.12. The van der Waals surface area contributed by atoms with Crippen LogP contribution in [-0.2, 0) is 27.8 Å².